The molecular weight excluding hydrogens is 317 g/mol. The third-order valence-corrected chi connectivity index (χ3v) is 5.10. The lowest BCUT2D eigenvalue weighted by Crippen LogP contribution is -2.40. The second-order valence-electron chi connectivity index (χ2n) is 7.89. The van der Waals surface area contributed by atoms with Gasteiger partial charge in [-0.05, 0) is 55.8 Å². The summed E-state index contributed by atoms with van der Waals surface area (Å²) in [5.74, 6) is -0.00634. The lowest BCUT2D eigenvalue weighted by atomic mass is 9.77. The predicted molar refractivity (Wildman–Crippen MR) is 96.9 cm³/mol. The summed E-state index contributed by atoms with van der Waals surface area (Å²) in [5.41, 5.74) is 3.10. The monoisotopic (exact) mass is 339 g/mol. The number of halogens is 1. The second kappa shape index (κ2) is 5.09. The molecule has 25 heavy (non-hydrogen) atoms. The van der Waals surface area contributed by atoms with Crippen molar-refractivity contribution < 1.29 is 14.2 Å². The van der Waals surface area contributed by atoms with E-state index >= 15 is 0 Å². The minimum absolute atomic E-state index is 0.243. The van der Waals surface area contributed by atoms with Gasteiger partial charge in [-0.1, -0.05) is 19.9 Å². The molecule has 130 valence electrons. The van der Waals surface area contributed by atoms with Crippen LogP contribution in [0.3, 0.4) is 0 Å². The maximum atomic E-state index is 13.4. The number of aromatic hydroxyl groups is 1. The number of nitrogens with zero attached hydrogens (tertiary/aromatic N) is 1. The van der Waals surface area contributed by atoms with Crippen LogP contribution in [0.5, 0.6) is 5.75 Å². The minimum atomic E-state index is -0.523. The molecule has 0 spiro atoms. The molecule has 0 fully saturated rings. The van der Waals surface area contributed by atoms with E-state index in [2.05, 4.69) is 18.4 Å². The summed E-state index contributed by atoms with van der Waals surface area (Å²) in [6.45, 7) is 8.90. The fourth-order valence-electron chi connectivity index (χ4n) is 3.91. The zero-order chi connectivity index (χ0) is 18.0. The Kier molecular flexibility index (Phi) is 3.29. The van der Waals surface area contributed by atoms with Crippen LogP contribution in [0.4, 0.5) is 4.39 Å². The van der Waals surface area contributed by atoms with Crippen molar-refractivity contribution in [3.05, 3.63) is 59.5 Å². The van der Waals surface area contributed by atoms with Gasteiger partial charge in [-0.2, -0.15) is 0 Å². The summed E-state index contributed by atoms with van der Waals surface area (Å²) >= 11 is 0. The number of ether oxygens (including phenoxy) is 1. The fraction of sp³-hybridized carbons (Fsp3) is 0.333. The molecule has 1 aromatic heterocycles. The molecule has 0 radical (unpaired) electrons. The largest absolute Gasteiger partial charge is 0.507 e. The third-order valence-electron chi connectivity index (χ3n) is 5.10. The molecule has 0 bridgehead atoms. The van der Waals surface area contributed by atoms with Gasteiger partial charge in [0.2, 0.25) is 0 Å². The highest BCUT2D eigenvalue weighted by molar-refractivity contribution is 5.94. The minimum Gasteiger partial charge on any atom is -0.507 e. The molecule has 3 aromatic rings. The van der Waals surface area contributed by atoms with Gasteiger partial charge in [-0.3, -0.25) is 0 Å². The number of phenols is 1. The van der Waals surface area contributed by atoms with Gasteiger partial charge in [0.25, 0.3) is 0 Å². The average Bonchev–Trinajstić information content (AvgIpc) is 2.92. The predicted octanol–water partition coefficient (Wildman–Crippen LogP) is 5.02. The maximum absolute atomic E-state index is 13.4. The standard InChI is InChI=1S/C21H22FNO2/c1-20(2)12-25-21(3,4)19-18(20)17-15(6-5-7-16(17)24)23(19)14-10-8-13(22)9-11-14/h5-11,24H,12H2,1-4H3. The van der Waals surface area contributed by atoms with Crippen molar-refractivity contribution in [1.82, 2.24) is 4.57 Å². The lowest BCUT2D eigenvalue weighted by Gasteiger charge is -2.40. The van der Waals surface area contributed by atoms with E-state index in [4.69, 9.17) is 4.74 Å². The third kappa shape index (κ3) is 2.28. The van der Waals surface area contributed by atoms with E-state index in [0.29, 0.717) is 6.61 Å². The second-order valence-corrected chi connectivity index (χ2v) is 7.89. The smallest absolute Gasteiger partial charge is 0.125 e. The Bertz CT molecular complexity index is 968. The van der Waals surface area contributed by atoms with Gasteiger partial charge in [0, 0.05) is 16.5 Å². The summed E-state index contributed by atoms with van der Waals surface area (Å²) in [6, 6.07) is 12.0. The number of hydrogen-bond donors (Lipinski definition) is 1. The van der Waals surface area contributed by atoms with Crippen molar-refractivity contribution in [3.8, 4) is 11.4 Å². The van der Waals surface area contributed by atoms with E-state index in [1.807, 2.05) is 26.0 Å². The fourth-order valence-corrected chi connectivity index (χ4v) is 3.91. The first-order valence-corrected chi connectivity index (χ1v) is 8.50. The first-order chi connectivity index (χ1) is 11.7. The highest BCUT2D eigenvalue weighted by Crippen LogP contribution is 2.49. The Morgan fingerprint density at radius 2 is 1.72 bits per heavy atom. The van der Waals surface area contributed by atoms with Gasteiger partial charge in [-0.15, -0.1) is 0 Å². The van der Waals surface area contributed by atoms with E-state index in [1.54, 1.807) is 18.2 Å². The molecule has 0 saturated carbocycles. The molecule has 0 atom stereocenters. The summed E-state index contributed by atoms with van der Waals surface area (Å²) in [7, 11) is 0. The molecule has 0 aliphatic carbocycles. The number of phenolic OH excluding ortho intramolecular Hbond substituents is 1. The average molecular weight is 339 g/mol. The van der Waals surface area contributed by atoms with Crippen molar-refractivity contribution in [2.75, 3.05) is 6.61 Å². The van der Waals surface area contributed by atoms with Crippen molar-refractivity contribution in [2.24, 2.45) is 0 Å². The number of aromatic nitrogens is 1. The first kappa shape index (κ1) is 16.2. The van der Waals surface area contributed by atoms with E-state index in [0.717, 1.165) is 27.8 Å². The van der Waals surface area contributed by atoms with Crippen LogP contribution in [0, 0.1) is 5.82 Å². The summed E-state index contributed by atoms with van der Waals surface area (Å²) in [6.07, 6.45) is 0. The van der Waals surface area contributed by atoms with Gasteiger partial charge < -0.3 is 14.4 Å². The van der Waals surface area contributed by atoms with E-state index in [1.165, 1.54) is 12.1 Å². The normalized spacial score (nSPS) is 18.3. The van der Waals surface area contributed by atoms with Crippen LogP contribution in [0.25, 0.3) is 16.6 Å². The lowest BCUT2D eigenvalue weighted by molar-refractivity contribution is -0.0621. The van der Waals surface area contributed by atoms with E-state index in [-0.39, 0.29) is 17.0 Å². The molecule has 4 heteroatoms. The molecule has 2 aromatic carbocycles. The molecule has 1 aliphatic rings. The molecule has 0 unspecified atom stereocenters. The Morgan fingerprint density at radius 1 is 1.04 bits per heavy atom. The topological polar surface area (TPSA) is 34.4 Å². The molecular formula is C21H22FNO2. The Hall–Kier alpha value is -2.33. The van der Waals surface area contributed by atoms with Gasteiger partial charge in [-0.25, -0.2) is 4.39 Å². The first-order valence-electron chi connectivity index (χ1n) is 8.50. The SMILES string of the molecule is CC1(C)COC(C)(C)c2c1c1c(O)cccc1n2-c1ccc(F)cc1. The van der Waals surface area contributed by atoms with Gasteiger partial charge in [0.15, 0.2) is 0 Å². The van der Waals surface area contributed by atoms with Crippen molar-refractivity contribution in [3.63, 3.8) is 0 Å². The molecule has 1 aliphatic heterocycles. The quantitative estimate of drug-likeness (QED) is 0.675. The van der Waals surface area contributed by atoms with E-state index in [9.17, 15) is 9.50 Å². The molecule has 3 nitrogen and oxygen atoms in total. The molecule has 1 N–H and O–H groups in total. The van der Waals surface area contributed by atoms with Gasteiger partial charge >= 0.3 is 0 Å². The van der Waals surface area contributed by atoms with Crippen LogP contribution in [0.2, 0.25) is 0 Å². The van der Waals surface area contributed by atoms with Crippen LogP contribution in [-0.4, -0.2) is 16.3 Å². The number of fused-ring (bicyclic) bond motifs is 3. The Balaban J connectivity index is 2.20. The van der Waals surface area contributed by atoms with Gasteiger partial charge in [0.05, 0.1) is 17.8 Å². The van der Waals surface area contributed by atoms with Gasteiger partial charge in [0.1, 0.15) is 17.2 Å². The highest BCUT2D eigenvalue weighted by atomic mass is 19.1. The Labute approximate surface area is 146 Å². The van der Waals surface area contributed by atoms with Crippen LogP contribution >= 0.6 is 0 Å². The summed E-state index contributed by atoms with van der Waals surface area (Å²) in [5, 5.41) is 11.5. The van der Waals surface area contributed by atoms with Crippen molar-refractivity contribution in [2.45, 2.75) is 38.7 Å². The molecule has 4 rings (SSSR count). The Morgan fingerprint density at radius 3 is 2.40 bits per heavy atom. The maximum Gasteiger partial charge on any atom is 0.125 e. The number of hydrogen-bond acceptors (Lipinski definition) is 2. The highest BCUT2D eigenvalue weighted by Gasteiger charge is 2.43. The number of rotatable bonds is 1. The van der Waals surface area contributed by atoms with Crippen molar-refractivity contribution >= 4 is 10.9 Å². The molecule has 0 saturated heterocycles. The number of benzene rings is 2. The summed E-state index contributed by atoms with van der Waals surface area (Å²) in [4.78, 5) is 0. The van der Waals surface area contributed by atoms with Crippen LogP contribution in [-0.2, 0) is 15.8 Å². The molecule has 0 amide bonds. The summed E-state index contributed by atoms with van der Waals surface area (Å²) < 4.78 is 21.7. The van der Waals surface area contributed by atoms with Crippen LogP contribution in [0.1, 0.15) is 39.0 Å². The zero-order valence-electron chi connectivity index (χ0n) is 14.9. The zero-order valence-corrected chi connectivity index (χ0v) is 14.9. The van der Waals surface area contributed by atoms with Crippen molar-refractivity contribution in [1.29, 1.82) is 0 Å². The van der Waals surface area contributed by atoms with Crippen LogP contribution in [0.15, 0.2) is 42.5 Å². The van der Waals surface area contributed by atoms with E-state index < -0.39 is 5.60 Å². The molecule has 2 heterocycles. The van der Waals surface area contributed by atoms with Crippen LogP contribution < -0.4 is 0 Å².